The highest BCUT2D eigenvalue weighted by molar-refractivity contribution is 7.89. The molecule has 0 saturated heterocycles. The normalized spacial score (nSPS) is 22.8. The number of nitrogens with one attached hydrogen (secondary N) is 1. The van der Waals surface area contributed by atoms with Gasteiger partial charge in [-0.25, -0.2) is 13.1 Å². The lowest BCUT2D eigenvalue weighted by Crippen LogP contribution is -2.47. The maximum atomic E-state index is 12.3. The van der Waals surface area contributed by atoms with Crippen LogP contribution in [0.25, 0.3) is 0 Å². The van der Waals surface area contributed by atoms with Gasteiger partial charge in [0, 0.05) is 31.1 Å². The predicted octanol–water partition coefficient (Wildman–Crippen LogP) is 0.846. The van der Waals surface area contributed by atoms with Crippen molar-refractivity contribution in [2.24, 2.45) is 0 Å². The molecule has 0 spiro atoms. The van der Waals surface area contributed by atoms with E-state index in [1.807, 2.05) is 13.8 Å². The van der Waals surface area contributed by atoms with Crippen LogP contribution in [0, 0.1) is 0 Å². The monoisotopic (exact) mass is 302 g/mol. The second-order valence-electron chi connectivity index (χ2n) is 4.98. The van der Waals surface area contributed by atoms with Crippen molar-refractivity contribution in [3.8, 4) is 0 Å². The van der Waals surface area contributed by atoms with Crippen molar-refractivity contribution in [2.45, 2.75) is 56.9 Å². The summed E-state index contributed by atoms with van der Waals surface area (Å²) in [6.07, 6.45) is 3.16. The Bertz CT molecular complexity index is 525. The molecule has 1 fully saturated rings. The van der Waals surface area contributed by atoms with Gasteiger partial charge in [-0.15, -0.1) is 0 Å². The molecule has 1 heterocycles. The van der Waals surface area contributed by atoms with E-state index in [2.05, 4.69) is 4.72 Å². The van der Waals surface area contributed by atoms with Crippen LogP contribution in [0.1, 0.15) is 32.4 Å². The summed E-state index contributed by atoms with van der Waals surface area (Å²) in [5, 5.41) is 9.21. The molecule has 0 amide bonds. The molecule has 0 atom stereocenters. The molecule has 1 aromatic rings. The predicted molar refractivity (Wildman–Crippen MR) is 74.8 cm³/mol. The van der Waals surface area contributed by atoms with Crippen molar-refractivity contribution in [3.63, 3.8) is 0 Å². The first kappa shape index (κ1) is 15.5. The maximum absolute atomic E-state index is 12.3. The average molecular weight is 302 g/mol. The summed E-state index contributed by atoms with van der Waals surface area (Å²) >= 11 is 0. The number of sulfonamides is 1. The number of aryl methyl sites for hydroxylation is 1. The Balaban J connectivity index is 2.02. The van der Waals surface area contributed by atoms with E-state index in [1.54, 1.807) is 10.8 Å². The maximum Gasteiger partial charge on any atom is 0.242 e. The fourth-order valence-corrected chi connectivity index (χ4v) is 3.74. The van der Waals surface area contributed by atoms with Crippen LogP contribution in [0.2, 0.25) is 0 Å². The molecule has 20 heavy (non-hydrogen) atoms. The van der Waals surface area contributed by atoms with Crippen LogP contribution in [-0.4, -0.2) is 36.8 Å². The molecular formula is C13H22N2O4S. The number of aliphatic hydroxyl groups excluding tert-OH is 1. The molecule has 0 bridgehead atoms. The first-order valence-electron chi connectivity index (χ1n) is 6.94. The topological polar surface area (TPSA) is 80.6 Å². The smallest absolute Gasteiger partial charge is 0.242 e. The zero-order chi connectivity index (χ0) is 14.8. The van der Waals surface area contributed by atoms with Crippen LogP contribution in [0.15, 0.2) is 17.2 Å². The summed E-state index contributed by atoms with van der Waals surface area (Å²) in [4.78, 5) is 0.211. The largest absolute Gasteiger partial charge is 0.390 e. The molecule has 0 radical (unpaired) electrons. The van der Waals surface area contributed by atoms with Crippen LogP contribution in [-0.2, 0) is 27.9 Å². The van der Waals surface area contributed by atoms with E-state index >= 15 is 0 Å². The van der Waals surface area contributed by atoms with Gasteiger partial charge in [0.15, 0.2) is 0 Å². The van der Waals surface area contributed by atoms with Gasteiger partial charge in [0.1, 0.15) is 0 Å². The highest BCUT2D eigenvalue weighted by atomic mass is 32.2. The molecule has 6 nitrogen and oxygen atoms in total. The molecule has 0 unspecified atom stereocenters. The second kappa shape index (κ2) is 6.26. The number of hydrogen-bond donors (Lipinski definition) is 2. The highest BCUT2D eigenvalue weighted by Gasteiger charge is 2.33. The van der Waals surface area contributed by atoms with E-state index < -0.39 is 10.0 Å². The Morgan fingerprint density at radius 1 is 1.45 bits per heavy atom. The van der Waals surface area contributed by atoms with Crippen molar-refractivity contribution in [1.29, 1.82) is 0 Å². The number of nitrogens with zero attached hydrogens (tertiary/aromatic N) is 1. The minimum Gasteiger partial charge on any atom is -0.390 e. The van der Waals surface area contributed by atoms with Gasteiger partial charge in [0.05, 0.1) is 17.6 Å². The quantitative estimate of drug-likeness (QED) is 0.782. The van der Waals surface area contributed by atoms with Crippen molar-refractivity contribution in [3.05, 3.63) is 18.0 Å². The third kappa shape index (κ3) is 3.22. The Labute approximate surface area is 119 Å². The van der Waals surface area contributed by atoms with Gasteiger partial charge in [-0.3, -0.25) is 0 Å². The Kier molecular flexibility index (Phi) is 4.85. The first-order valence-corrected chi connectivity index (χ1v) is 8.42. The number of hydrogen-bond acceptors (Lipinski definition) is 4. The summed E-state index contributed by atoms with van der Waals surface area (Å²) in [5.74, 6) is 0. The zero-order valence-electron chi connectivity index (χ0n) is 11.9. The molecule has 114 valence electrons. The van der Waals surface area contributed by atoms with E-state index in [0.717, 1.165) is 0 Å². The fraction of sp³-hybridized carbons (Fsp3) is 0.692. The number of ether oxygens (including phenoxy) is 1. The first-order chi connectivity index (χ1) is 9.50. The van der Waals surface area contributed by atoms with Crippen molar-refractivity contribution < 1.29 is 18.3 Å². The van der Waals surface area contributed by atoms with E-state index in [0.29, 0.717) is 31.7 Å². The van der Waals surface area contributed by atoms with E-state index in [4.69, 9.17) is 4.74 Å². The lowest BCUT2D eigenvalue weighted by molar-refractivity contribution is -0.00475. The third-order valence-corrected chi connectivity index (χ3v) is 5.08. The van der Waals surface area contributed by atoms with E-state index in [9.17, 15) is 13.5 Å². The summed E-state index contributed by atoms with van der Waals surface area (Å²) in [6, 6.07) is 1.46. The van der Waals surface area contributed by atoms with Crippen LogP contribution < -0.4 is 4.72 Å². The lowest BCUT2D eigenvalue weighted by atomic mass is 9.90. The van der Waals surface area contributed by atoms with Gasteiger partial charge in [-0.1, -0.05) is 0 Å². The van der Waals surface area contributed by atoms with Gasteiger partial charge in [0.25, 0.3) is 0 Å². The zero-order valence-corrected chi connectivity index (χ0v) is 12.7. The average Bonchev–Trinajstić information content (AvgIpc) is 2.80. The molecule has 2 rings (SSSR count). The number of rotatable bonds is 7. The second-order valence-corrected chi connectivity index (χ2v) is 6.69. The molecule has 1 aromatic heterocycles. The SMILES string of the molecule is CCOC1CC(NS(=O)(=O)c2cc(CO)n(CC)c2)C1. The Morgan fingerprint density at radius 3 is 2.65 bits per heavy atom. The molecule has 1 saturated carbocycles. The summed E-state index contributed by atoms with van der Waals surface area (Å²) in [7, 11) is -3.52. The Hall–Kier alpha value is -0.890. The van der Waals surface area contributed by atoms with Gasteiger partial charge in [-0.05, 0) is 32.8 Å². The van der Waals surface area contributed by atoms with Crippen LogP contribution in [0.4, 0.5) is 0 Å². The molecule has 0 aromatic carbocycles. The summed E-state index contributed by atoms with van der Waals surface area (Å²) in [6.45, 7) is 4.95. The van der Waals surface area contributed by atoms with Gasteiger partial charge < -0.3 is 14.4 Å². The standard InChI is InChI=1S/C13H22N2O4S/c1-3-15-8-13(7-11(15)9-16)20(17,18)14-10-5-12(6-10)19-4-2/h7-8,10,12,14,16H,3-6,9H2,1-2H3. The number of aromatic nitrogens is 1. The molecule has 1 aliphatic carbocycles. The van der Waals surface area contributed by atoms with Crippen LogP contribution in [0.5, 0.6) is 0 Å². The third-order valence-electron chi connectivity index (χ3n) is 3.59. The molecule has 0 aliphatic heterocycles. The fourth-order valence-electron chi connectivity index (χ4n) is 2.42. The van der Waals surface area contributed by atoms with Crippen molar-refractivity contribution >= 4 is 10.0 Å². The number of aliphatic hydroxyl groups is 1. The minimum atomic E-state index is -3.52. The lowest BCUT2D eigenvalue weighted by Gasteiger charge is -2.34. The minimum absolute atomic E-state index is 0.0564. The molecule has 2 N–H and O–H groups in total. The molecular weight excluding hydrogens is 280 g/mol. The van der Waals surface area contributed by atoms with E-state index in [-0.39, 0.29) is 23.6 Å². The van der Waals surface area contributed by atoms with Gasteiger partial charge in [-0.2, -0.15) is 0 Å². The van der Waals surface area contributed by atoms with Crippen molar-refractivity contribution in [1.82, 2.24) is 9.29 Å². The molecule has 7 heteroatoms. The van der Waals surface area contributed by atoms with Gasteiger partial charge >= 0.3 is 0 Å². The molecule has 1 aliphatic rings. The van der Waals surface area contributed by atoms with Crippen LogP contribution in [0.3, 0.4) is 0 Å². The van der Waals surface area contributed by atoms with E-state index in [1.165, 1.54) is 6.07 Å². The van der Waals surface area contributed by atoms with Crippen LogP contribution >= 0.6 is 0 Å². The highest BCUT2D eigenvalue weighted by Crippen LogP contribution is 2.25. The van der Waals surface area contributed by atoms with Crippen molar-refractivity contribution in [2.75, 3.05) is 6.61 Å². The van der Waals surface area contributed by atoms with Gasteiger partial charge in [0.2, 0.25) is 10.0 Å². The summed E-state index contributed by atoms with van der Waals surface area (Å²) in [5.41, 5.74) is 0.605. The summed E-state index contributed by atoms with van der Waals surface area (Å²) < 4.78 is 34.3. The Morgan fingerprint density at radius 2 is 2.15 bits per heavy atom.